The molecule has 79 heavy (non-hydrogen) atoms. The molecule has 0 amide bonds. The zero-order chi connectivity index (χ0) is 57.1. The molecule has 0 saturated carbocycles. The van der Waals surface area contributed by atoms with E-state index in [-0.39, 0.29) is 31.1 Å². The molecule has 462 valence electrons. The molecule has 0 N–H and O–H groups in total. The van der Waals surface area contributed by atoms with E-state index in [4.69, 9.17) is 14.2 Å². The second-order valence-corrected chi connectivity index (χ2v) is 23.8. The Bertz CT molecular complexity index is 1360. The number of allylic oxidation sites excluding steroid dienone is 8. The standard InChI is InChI=1S/C73H134O6/c1-4-7-10-13-16-19-22-25-28-31-33-34-35-36-37-38-39-40-41-43-45-48-51-54-57-60-63-66-72(75)78-69-70(68-77-71(74)65-62-59-56-53-50-47-44-30-27-24-21-18-15-12-9-6-3)79-73(76)67-64-61-58-55-52-49-46-42-32-29-26-23-20-17-14-11-8-5-2/h21-22,24-25,30-31,33,44,70H,4-20,23,26-29,32,34-43,45-69H2,1-3H3/b24-21-,25-22-,33-31-,44-30-. The Morgan fingerprint density at radius 1 is 0.253 bits per heavy atom. The highest BCUT2D eigenvalue weighted by Gasteiger charge is 2.19. The molecule has 0 heterocycles. The highest BCUT2D eigenvalue weighted by atomic mass is 16.6. The predicted octanol–water partition coefficient (Wildman–Crippen LogP) is 24.1. The molecule has 0 aliphatic carbocycles. The Kier molecular flexibility index (Phi) is 65.6. The first-order chi connectivity index (χ1) is 39.0. The zero-order valence-electron chi connectivity index (χ0n) is 53.2. The van der Waals surface area contributed by atoms with Crippen molar-refractivity contribution in [1.29, 1.82) is 0 Å². The minimum atomic E-state index is -0.778. The van der Waals surface area contributed by atoms with Crippen molar-refractivity contribution in [1.82, 2.24) is 0 Å². The fourth-order valence-electron chi connectivity index (χ4n) is 10.5. The van der Waals surface area contributed by atoms with Gasteiger partial charge in [0.15, 0.2) is 6.10 Å². The zero-order valence-corrected chi connectivity index (χ0v) is 53.2. The molecule has 0 fully saturated rings. The molecule has 1 unspecified atom stereocenters. The first-order valence-corrected chi connectivity index (χ1v) is 35.1. The molecule has 6 heteroatoms. The maximum Gasteiger partial charge on any atom is 0.306 e. The summed E-state index contributed by atoms with van der Waals surface area (Å²) < 4.78 is 17.0. The second-order valence-electron chi connectivity index (χ2n) is 23.8. The lowest BCUT2D eigenvalue weighted by Gasteiger charge is -2.18. The maximum atomic E-state index is 12.9. The Hall–Kier alpha value is -2.63. The van der Waals surface area contributed by atoms with Gasteiger partial charge < -0.3 is 14.2 Å². The van der Waals surface area contributed by atoms with Gasteiger partial charge in [-0.05, 0) is 83.5 Å². The summed E-state index contributed by atoms with van der Waals surface area (Å²) in [6, 6.07) is 0. The summed E-state index contributed by atoms with van der Waals surface area (Å²) in [6.07, 6.45) is 85.6. The second kappa shape index (κ2) is 67.9. The fraction of sp³-hybridized carbons (Fsp3) is 0.849. The SMILES string of the molecule is CCCCCC/C=C\C/C=C\CCCCCCCC(=O)OCC(COC(=O)CCCCCCCCCCCCCCCCC/C=C\C/C=C\CCCCCCC)OC(=O)CCCCCCCCCCCCCCCCCCCC. The van der Waals surface area contributed by atoms with Crippen LogP contribution in [0.15, 0.2) is 48.6 Å². The van der Waals surface area contributed by atoms with Crippen molar-refractivity contribution in [3.63, 3.8) is 0 Å². The molecule has 0 rings (SSSR count). The topological polar surface area (TPSA) is 78.9 Å². The summed E-state index contributed by atoms with van der Waals surface area (Å²) in [6.45, 7) is 6.67. The normalized spacial score (nSPS) is 12.3. The smallest absolute Gasteiger partial charge is 0.306 e. The summed E-state index contributed by atoms with van der Waals surface area (Å²) in [7, 11) is 0. The van der Waals surface area contributed by atoms with Crippen LogP contribution in [0.1, 0.15) is 380 Å². The van der Waals surface area contributed by atoms with Gasteiger partial charge in [0.1, 0.15) is 13.2 Å². The minimum absolute atomic E-state index is 0.0730. The van der Waals surface area contributed by atoms with Gasteiger partial charge in [0.2, 0.25) is 0 Å². The average molecular weight is 1110 g/mol. The average Bonchev–Trinajstić information content (AvgIpc) is 3.45. The third kappa shape index (κ3) is 66.1. The van der Waals surface area contributed by atoms with E-state index in [0.29, 0.717) is 19.3 Å². The van der Waals surface area contributed by atoms with Crippen LogP contribution in [0.5, 0.6) is 0 Å². The van der Waals surface area contributed by atoms with Crippen molar-refractivity contribution in [2.75, 3.05) is 13.2 Å². The van der Waals surface area contributed by atoms with E-state index in [1.807, 2.05) is 0 Å². The molecule has 0 aliphatic heterocycles. The van der Waals surface area contributed by atoms with Crippen molar-refractivity contribution in [3.8, 4) is 0 Å². The number of rotatable bonds is 65. The van der Waals surface area contributed by atoms with Crippen LogP contribution in [0.25, 0.3) is 0 Å². The van der Waals surface area contributed by atoms with Gasteiger partial charge in [-0.1, -0.05) is 326 Å². The minimum Gasteiger partial charge on any atom is -0.462 e. The molecule has 0 radical (unpaired) electrons. The van der Waals surface area contributed by atoms with E-state index in [1.54, 1.807) is 0 Å². The van der Waals surface area contributed by atoms with Gasteiger partial charge in [0, 0.05) is 19.3 Å². The summed E-state index contributed by atoms with van der Waals surface area (Å²) >= 11 is 0. The Morgan fingerprint density at radius 2 is 0.456 bits per heavy atom. The van der Waals surface area contributed by atoms with E-state index in [0.717, 1.165) is 83.5 Å². The van der Waals surface area contributed by atoms with E-state index in [1.165, 1.54) is 257 Å². The summed E-state index contributed by atoms with van der Waals surface area (Å²) in [4.78, 5) is 38.4. The van der Waals surface area contributed by atoms with Gasteiger partial charge in [-0.15, -0.1) is 0 Å². The third-order valence-corrected chi connectivity index (χ3v) is 15.8. The number of carbonyl (C=O) groups excluding carboxylic acids is 3. The van der Waals surface area contributed by atoms with Crippen LogP contribution < -0.4 is 0 Å². The number of ether oxygens (including phenoxy) is 3. The van der Waals surface area contributed by atoms with E-state index >= 15 is 0 Å². The predicted molar refractivity (Wildman–Crippen MR) is 344 cm³/mol. The van der Waals surface area contributed by atoms with Gasteiger partial charge >= 0.3 is 17.9 Å². The Labute approximate surface area is 492 Å². The number of carbonyl (C=O) groups is 3. The highest BCUT2D eigenvalue weighted by molar-refractivity contribution is 5.71. The van der Waals surface area contributed by atoms with Crippen molar-refractivity contribution in [3.05, 3.63) is 48.6 Å². The van der Waals surface area contributed by atoms with Gasteiger partial charge in [-0.3, -0.25) is 14.4 Å². The van der Waals surface area contributed by atoms with E-state index < -0.39 is 6.10 Å². The van der Waals surface area contributed by atoms with Gasteiger partial charge in [0.05, 0.1) is 0 Å². The molecule has 0 saturated heterocycles. The largest absolute Gasteiger partial charge is 0.462 e. The fourth-order valence-corrected chi connectivity index (χ4v) is 10.5. The monoisotopic (exact) mass is 1110 g/mol. The van der Waals surface area contributed by atoms with Gasteiger partial charge in [-0.2, -0.15) is 0 Å². The lowest BCUT2D eigenvalue weighted by Crippen LogP contribution is -2.30. The van der Waals surface area contributed by atoms with E-state index in [2.05, 4.69) is 69.4 Å². The van der Waals surface area contributed by atoms with Crippen LogP contribution in [0.2, 0.25) is 0 Å². The first-order valence-electron chi connectivity index (χ1n) is 35.1. The van der Waals surface area contributed by atoms with Crippen molar-refractivity contribution >= 4 is 17.9 Å². The molecule has 1 atom stereocenters. The van der Waals surface area contributed by atoms with Crippen LogP contribution in [0.3, 0.4) is 0 Å². The molecule has 0 aromatic heterocycles. The lowest BCUT2D eigenvalue weighted by atomic mass is 10.0. The molecular formula is C73H134O6. The Balaban J connectivity index is 4.27. The molecule has 0 aliphatic rings. The van der Waals surface area contributed by atoms with Crippen LogP contribution >= 0.6 is 0 Å². The van der Waals surface area contributed by atoms with Gasteiger partial charge in [-0.25, -0.2) is 0 Å². The van der Waals surface area contributed by atoms with Crippen LogP contribution in [0, 0.1) is 0 Å². The quantitative estimate of drug-likeness (QED) is 0.0261. The van der Waals surface area contributed by atoms with Crippen LogP contribution in [-0.2, 0) is 28.6 Å². The molecular weight excluding hydrogens is 973 g/mol. The molecule has 0 aromatic carbocycles. The van der Waals surface area contributed by atoms with Crippen molar-refractivity contribution < 1.29 is 28.6 Å². The van der Waals surface area contributed by atoms with Gasteiger partial charge in [0.25, 0.3) is 0 Å². The lowest BCUT2D eigenvalue weighted by molar-refractivity contribution is -0.167. The third-order valence-electron chi connectivity index (χ3n) is 15.8. The first kappa shape index (κ1) is 76.4. The van der Waals surface area contributed by atoms with Crippen LogP contribution in [-0.4, -0.2) is 37.2 Å². The summed E-state index contributed by atoms with van der Waals surface area (Å²) in [5.74, 6) is -0.860. The molecule has 6 nitrogen and oxygen atoms in total. The maximum absolute atomic E-state index is 12.9. The molecule has 0 spiro atoms. The molecule has 0 bridgehead atoms. The number of hydrogen-bond acceptors (Lipinski definition) is 6. The van der Waals surface area contributed by atoms with E-state index in [9.17, 15) is 14.4 Å². The number of esters is 3. The van der Waals surface area contributed by atoms with Crippen molar-refractivity contribution in [2.24, 2.45) is 0 Å². The number of hydrogen-bond donors (Lipinski definition) is 0. The number of unbranched alkanes of at least 4 members (excludes halogenated alkanes) is 46. The molecule has 0 aromatic rings. The summed E-state index contributed by atoms with van der Waals surface area (Å²) in [5.41, 5.74) is 0. The summed E-state index contributed by atoms with van der Waals surface area (Å²) in [5, 5.41) is 0. The highest BCUT2D eigenvalue weighted by Crippen LogP contribution is 2.18. The van der Waals surface area contributed by atoms with Crippen molar-refractivity contribution in [2.45, 2.75) is 386 Å². The Morgan fingerprint density at radius 3 is 0.709 bits per heavy atom. The van der Waals surface area contributed by atoms with Crippen LogP contribution in [0.4, 0.5) is 0 Å².